The molecule has 0 unspecified atom stereocenters. The zero-order chi connectivity index (χ0) is 10.0. The molecule has 0 atom stereocenters. The van der Waals surface area contributed by atoms with Crippen LogP contribution in [0.1, 0.15) is 6.92 Å². The number of carbonyl (C=O) groups excluding carboxylic acids is 2. The predicted octanol–water partition coefficient (Wildman–Crippen LogP) is -0.0121. The Hall–Kier alpha value is -1.84. The van der Waals surface area contributed by atoms with Crippen molar-refractivity contribution in [1.29, 1.82) is 0 Å². The van der Waals surface area contributed by atoms with Gasteiger partial charge >= 0.3 is 0 Å². The molecule has 1 aliphatic heterocycles. The van der Waals surface area contributed by atoms with E-state index in [0.717, 1.165) is 0 Å². The first kappa shape index (κ1) is 9.25. The Morgan fingerprint density at radius 3 is 2.69 bits per heavy atom. The number of hydrogen-bond donors (Lipinski definition) is 2. The monoisotopic (exact) mass is 178 g/mol. The number of rotatable bonds is 2. The highest BCUT2D eigenvalue weighted by atomic mass is 16.2. The normalized spacial score (nSPS) is 19.2. The molecular formula is C9H10N2O2. The molecule has 1 heterocycles. The number of hydrogen-bond acceptors (Lipinski definition) is 2. The van der Waals surface area contributed by atoms with Gasteiger partial charge in [-0.3, -0.25) is 9.59 Å². The van der Waals surface area contributed by atoms with E-state index in [-0.39, 0.29) is 5.91 Å². The fraction of sp³-hybridized carbons (Fsp3) is 0.111. The van der Waals surface area contributed by atoms with Crippen LogP contribution in [0.2, 0.25) is 0 Å². The van der Waals surface area contributed by atoms with Crippen molar-refractivity contribution in [3.05, 3.63) is 35.6 Å². The van der Waals surface area contributed by atoms with E-state index in [2.05, 4.69) is 11.9 Å². The van der Waals surface area contributed by atoms with Gasteiger partial charge in [0.25, 0.3) is 5.91 Å². The van der Waals surface area contributed by atoms with Crippen molar-refractivity contribution in [3.8, 4) is 0 Å². The molecule has 0 fully saturated rings. The van der Waals surface area contributed by atoms with Gasteiger partial charge in [-0.05, 0) is 6.92 Å². The summed E-state index contributed by atoms with van der Waals surface area (Å²) in [6.45, 7) is 5.20. The molecule has 0 aliphatic carbocycles. The van der Waals surface area contributed by atoms with Crippen molar-refractivity contribution in [2.24, 2.45) is 5.73 Å². The lowest BCUT2D eigenvalue weighted by Crippen LogP contribution is -2.18. The molecule has 68 valence electrons. The van der Waals surface area contributed by atoms with E-state index in [1.807, 2.05) is 0 Å². The molecule has 0 aromatic rings. The lowest BCUT2D eigenvalue weighted by Gasteiger charge is -1.97. The maximum Gasteiger partial charge on any atom is 0.251 e. The number of amides is 2. The van der Waals surface area contributed by atoms with E-state index in [4.69, 9.17) is 5.73 Å². The van der Waals surface area contributed by atoms with Crippen molar-refractivity contribution in [2.75, 3.05) is 0 Å². The van der Waals surface area contributed by atoms with Crippen LogP contribution in [0.4, 0.5) is 0 Å². The van der Waals surface area contributed by atoms with Gasteiger partial charge in [0.2, 0.25) is 5.91 Å². The van der Waals surface area contributed by atoms with Gasteiger partial charge in [-0.25, -0.2) is 0 Å². The smallest absolute Gasteiger partial charge is 0.251 e. The first-order valence-electron chi connectivity index (χ1n) is 3.72. The van der Waals surface area contributed by atoms with Crippen LogP contribution in [0, 0.1) is 0 Å². The fourth-order valence-corrected chi connectivity index (χ4v) is 1.13. The van der Waals surface area contributed by atoms with Gasteiger partial charge in [0, 0.05) is 17.2 Å². The first-order chi connectivity index (χ1) is 6.06. The highest BCUT2D eigenvalue weighted by Gasteiger charge is 2.21. The Labute approximate surface area is 75.8 Å². The standard InChI is InChI=1S/C9H10N2O2/c1-3-6-5(2)9(13)11-7(6)4-8(10)12/h3-4H,1H2,2H3,(H2,10,12)(H,11,13). The van der Waals surface area contributed by atoms with Crippen molar-refractivity contribution < 1.29 is 9.59 Å². The molecule has 0 aromatic carbocycles. The van der Waals surface area contributed by atoms with Crippen LogP contribution in [0.15, 0.2) is 35.6 Å². The van der Waals surface area contributed by atoms with Gasteiger partial charge in [-0.2, -0.15) is 0 Å². The molecule has 4 nitrogen and oxygen atoms in total. The largest absolute Gasteiger partial charge is 0.366 e. The van der Waals surface area contributed by atoms with Crippen LogP contribution < -0.4 is 11.1 Å². The zero-order valence-corrected chi connectivity index (χ0v) is 7.26. The maximum atomic E-state index is 11.1. The minimum Gasteiger partial charge on any atom is -0.366 e. The third kappa shape index (κ3) is 1.66. The van der Waals surface area contributed by atoms with Gasteiger partial charge in [-0.15, -0.1) is 0 Å². The minimum atomic E-state index is -0.593. The van der Waals surface area contributed by atoms with Crippen molar-refractivity contribution in [3.63, 3.8) is 0 Å². The summed E-state index contributed by atoms with van der Waals surface area (Å²) >= 11 is 0. The Kier molecular flexibility index (Phi) is 2.32. The van der Waals surface area contributed by atoms with E-state index in [9.17, 15) is 9.59 Å². The van der Waals surface area contributed by atoms with Crippen LogP contribution in [0.25, 0.3) is 0 Å². The summed E-state index contributed by atoms with van der Waals surface area (Å²) in [6, 6.07) is 0. The SMILES string of the molecule is C=CC1=C(C)C(=O)NC1=CC(N)=O. The van der Waals surface area contributed by atoms with E-state index in [1.165, 1.54) is 12.2 Å². The number of allylic oxidation sites excluding steroid dienone is 1. The third-order valence-corrected chi connectivity index (χ3v) is 1.77. The van der Waals surface area contributed by atoms with Gasteiger partial charge in [-0.1, -0.05) is 12.7 Å². The van der Waals surface area contributed by atoms with E-state index >= 15 is 0 Å². The predicted molar refractivity (Wildman–Crippen MR) is 48.3 cm³/mol. The number of primary amides is 1. The molecule has 0 spiro atoms. The van der Waals surface area contributed by atoms with Crippen LogP contribution in [0.3, 0.4) is 0 Å². The highest BCUT2D eigenvalue weighted by Crippen LogP contribution is 2.20. The average Bonchev–Trinajstić information content (AvgIpc) is 2.27. The molecule has 0 bridgehead atoms. The second kappa shape index (κ2) is 3.26. The lowest BCUT2D eigenvalue weighted by atomic mass is 10.1. The molecular weight excluding hydrogens is 168 g/mol. The quantitative estimate of drug-likeness (QED) is 0.583. The second-order valence-corrected chi connectivity index (χ2v) is 2.66. The molecule has 1 aliphatic rings. The van der Waals surface area contributed by atoms with Gasteiger partial charge in [0.15, 0.2) is 0 Å². The highest BCUT2D eigenvalue weighted by molar-refractivity contribution is 6.02. The first-order valence-corrected chi connectivity index (χ1v) is 3.72. The minimum absolute atomic E-state index is 0.220. The molecule has 0 radical (unpaired) electrons. The zero-order valence-electron chi connectivity index (χ0n) is 7.26. The topological polar surface area (TPSA) is 72.2 Å². The van der Waals surface area contributed by atoms with Gasteiger partial charge in [0.1, 0.15) is 0 Å². The Morgan fingerprint density at radius 2 is 2.23 bits per heavy atom. The van der Waals surface area contributed by atoms with Crippen LogP contribution in [0.5, 0.6) is 0 Å². The number of nitrogens with one attached hydrogen (secondary N) is 1. The van der Waals surface area contributed by atoms with Gasteiger partial charge in [0.05, 0.1) is 5.70 Å². The van der Waals surface area contributed by atoms with Crippen molar-refractivity contribution >= 4 is 11.8 Å². The summed E-state index contributed by atoms with van der Waals surface area (Å²) in [4.78, 5) is 21.7. The summed E-state index contributed by atoms with van der Waals surface area (Å²) in [6.07, 6.45) is 2.69. The lowest BCUT2D eigenvalue weighted by molar-refractivity contribution is -0.116. The average molecular weight is 178 g/mol. The molecule has 1 rings (SSSR count). The van der Waals surface area contributed by atoms with Crippen LogP contribution in [-0.4, -0.2) is 11.8 Å². The van der Waals surface area contributed by atoms with E-state index in [0.29, 0.717) is 16.8 Å². The molecule has 0 aromatic heterocycles. The second-order valence-electron chi connectivity index (χ2n) is 2.66. The van der Waals surface area contributed by atoms with Gasteiger partial charge < -0.3 is 11.1 Å². The van der Waals surface area contributed by atoms with Crippen molar-refractivity contribution in [2.45, 2.75) is 6.92 Å². The molecule has 3 N–H and O–H groups in total. The number of nitrogens with two attached hydrogens (primary N) is 1. The summed E-state index contributed by atoms with van der Waals surface area (Å²) < 4.78 is 0. The summed E-state index contributed by atoms with van der Waals surface area (Å²) in [7, 11) is 0. The van der Waals surface area contributed by atoms with E-state index < -0.39 is 5.91 Å². The Morgan fingerprint density at radius 1 is 1.62 bits per heavy atom. The third-order valence-electron chi connectivity index (χ3n) is 1.77. The molecule has 0 saturated carbocycles. The summed E-state index contributed by atoms with van der Waals surface area (Å²) in [5, 5.41) is 2.51. The fourth-order valence-electron chi connectivity index (χ4n) is 1.13. The Balaban J connectivity index is 3.13. The molecule has 13 heavy (non-hydrogen) atoms. The van der Waals surface area contributed by atoms with E-state index in [1.54, 1.807) is 6.92 Å². The van der Waals surface area contributed by atoms with Crippen molar-refractivity contribution in [1.82, 2.24) is 5.32 Å². The maximum absolute atomic E-state index is 11.1. The molecule has 4 heteroatoms. The molecule has 2 amide bonds. The molecule has 0 saturated heterocycles. The van der Waals surface area contributed by atoms with Crippen LogP contribution >= 0.6 is 0 Å². The Bertz CT molecular complexity index is 351. The number of carbonyl (C=O) groups is 2. The summed E-state index contributed by atoms with van der Waals surface area (Å²) in [5.41, 5.74) is 6.55. The van der Waals surface area contributed by atoms with Crippen LogP contribution in [-0.2, 0) is 9.59 Å². The summed E-state index contributed by atoms with van der Waals surface area (Å²) in [5.74, 6) is -0.813.